The lowest BCUT2D eigenvalue weighted by Crippen LogP contribution is -2.24. The molecule has 1 N–H and O–H groups in total. The van der Waals surface area contributed by atoms with Gasteiger partial charge in [0.05, 0.1) is 18.3 Å². The van der Waals surface area contributed by atoms with Gasteiger partial charge in [-0.1, -0.05) is 18.2 Å². The molecular weight excluding hydrogens is 305 g/mol. The molecule has 3 unspecified atom stereocenters. The first kappa shape index (κ1) is 16.6. The summed E-state index contributed by atoms with van der Waals surface area (Å²) in [4.78, 5) is 4.05. The first-order chi connectivity index (χ1) is 11.8. The molecule has 2 heterocycles. The fraction of sp³-hybridized carbons (Fsp3) is 0.368. The van der Waals surface area contributed by atoms with Gasteiger partial charge in [-0.15, -0.1) is 0 Å². The maximum atomic E-state index is 13.0. The minimum absolute atomic E-state index is 0.0423. The molecule has 0 spiro atoms. The molecule has 0 saturated carbocycles. The molecule has 4 nitrogen and oxygen atoms in total. The van der Waals surface area contributed by atoms with Gasteiger partial charge in [0.2, 0.25) is 0 Å². The quantitative estimate of drug-likeness (QED) is 0.880. The highest BCUT2D eigenvalue weighted by molar-refractivity contribution is 5.20. The molecule has 0 radical (unpaired) electrons. The second-order valence-corrected chi connectivity index (χ2v) is 5.97. The monoisotopic (exact) mass is 325 g/mol. The highest BCUT2D eigenvalue weighted by atomic mass is 19.1. The van der Waals surface area contributed by atoms with Crippen molar-refractivity contribution in [3.63, 3.8) is 0 Å². The third-order valence-corrected chi connectivity index (χ3v) is 4.31. The van der Waals surface area contributed by atoms with Gasteiger partial charge >= 0.3 is 0 Å². The van der Waals surface area contributed by atoms with Crippen LogP contribution < -0.4 is 5.32 Å². The van der Waals surface area contributed by atoms with Crippen molar-refractivity contribution in [2.75, 3.05) is 6.54 Å². The molecule has 1 aromatic carbocycles. The number of benzene rings is 1. The van der Waals surface area contributed by atoms with Crippen LogP contribution in [0.2, 0.25) is 0 Å². The van der Waals surface area contributed by atoms with E-state index in [1.807, 2.05) is 12.1 Å². The van der Waals surface area contributed by atoms with Crippen LogP contribution in [0.1, 0.15) is 42.5 Å². The smallest absolute Gasteiger partial charge is 0.123 e. The zero-order valence-corrected chi connectivity index (χ0v) is 13.4. The van der Waals surface area contributed by atoms with Crippen LogP contribution in [0.4, 0.5) is 4.39 Å². The lowest BCUT2D eigenvalue weighted by atomic mass is 10.1. The normalized spacial score (nSPS) is 21.3. The number of ether oxygens (including phenoxy) is 1. The molecule has 0 bridgehead atoms. The number of nitriles is 1. The zero-order valence-electron chi connectivity index (χ0n) is 13.4. The van der Waals surface area contributed by atoms with Crippen LogP contribution in [0.25, 0.3) is 0 Å². The van der Waals surface area contributed by atoms with E-state index in [4.69, 9.17) is 4.74 Å². The molecule has 2 aromatic rings. The van der Waals surface area contributed by atoms with Crippen molar-refractivity contribution in [3.8, 4) is 6.07 Å². The summed E-state index contributed by atoms with van der Waals surface area (Å²) < 4.78 is 19.0. The predicted octanol–water partition coefficient (Wildman–Crippen LogP) is 3.69. The second-order valence-electron chi connectivity index (χ2n) is 5.97. The van der Waals surface area contributed by atoms with Gasteiger partial charge in [0, 0.05) is 18.0 Å². The number of nitrogens with zero attached hydrogens (tertiary/aromatic N) is 2. The summed E-state index contributed by atoms with van der Waals surface area (Å²) in [6, 6.07) is 12.1. The minimum Gasteiger partial charge on any atom is -0.370 e. The first-order valence-corrected chi connectivity index (χ1v) is 8.20. The molecule has 3 rings (SSSR count). The summed E-state index contributed by atoms with van der Waals surface area (Å²) in [5, 5.41) is 12.5. The molecule has 1 aliphatic heterocycles. The number of pyridine rings is 1. The van der Waals surface area contributed by atoms with Gasteiger partial charge in [-0.2, -0.15) is 5.26 Å². The van der Waals surface area contributed by atoms with Gasteiger partial charge in [-0.25, -0.2) is 4.39 Å². The molecule has 1 aromatic heterocycles. The molecule has 3 atom stereocenters. The third kappa shape index (κ3) is 4.16. The van der Waals surface area contributed by atoms with Crippen molar-refractivity contribution in [1.82, 2.24) is 10.3 Å². The Balaban J connectivity index is 1.46. The highest BCUT2D eigenvalue weighted by Gasteiger charge is 2.26. The van der Waals surface area contributed by atoms with E-state index in [2.05, 4.69) is 16.4 Å². The van der Waals surface area contributed by atoms with E-state index >= 15 is 0 Å². The fourth-order valence-corrected chi connectivity index (χ4v) is 3.01. The van der Waals surface area contributed by atoms with Crippen molar-refractivity contribution in [2.24, 2.45) is 0 Å². The largest absolute Gasteiger partial charge is 0.370 e. The summed E-state index contributed by atoms with van der Waals surface area (Å²) in [6.45, 7) is 0.702. The van der Waals surface area contributed by atoms with Crippen LogP contribution in [0, 0.1) is 17.1 Å². The Kier molecular flexibility index (Phi) is 5.52. The third-order valence-electron chi connectivity index (χ3n) is 4.31. The van der Waals surface area contributed by atoms with Crippen molar-refractivity contribution in [3.05, 3.63) is 65.7 Å². The topological polar surface area (TPSA) is 57.9 Å². The van der Waals surface area contributed by atoms with Crippen molar-refractivity contribution in [1.29, 1.82) is 5.26 Å². The Morgan fingerprint density at radius 2 is 2.12 bits per heavy atom. The average Bonchev–Trinajstić information content (AvgIpc) is 3.09. The van der Waals surface area contributed by atoms with Crippen LogP contribution >= 0.6 is 0 Å². The number of aromatic nitrogens is 1. The maximum Gasteiger partial charge on any atom is 0.123 e. The molecule has 5 heteroatoms. The Hall–Kier alpha value is -2.29. The van der Waals surface area contributed by atoms with Gasteiger partial charge in [0.1, 0.15) is 11.9 Å². The Morgan fingerprint density at radius 3 is 2.83 bits per heavy atom. The van der Waals surface area contributed by atoms with Crippen LogP contribution in [0.15, 0.2) is 48.8 Å². The number of nitrogens with one attached hydrogen (secondary N) is 1. The van der Waals surface area contributed by atoms with E-state index in [1.54, 1.807) is 24.5 Å². The number of hydrogen-bond donors (Lipinski definition) is 1. The van der Waals surface area contributed by atoms with Gasteiger partial charge in [0.25, 0.3) is 0 Å². The van der Waals surface area contributed by atoms with E-state index in [0.717, 1.165) is 30.4 Å². The van der Waals surface area contributed by atoms with Crippen LogP contribution in [-0.2, 0) is 4.74 Å². The molecule has 1 aliphatic rings. The van der Waals surface area contributed by atoms with Crippen LogP contribution in [-0.4, -0.2) is 17.6 Å². The molecule has 0 aliphatic carbocycles. The molecule has 24 heavy (non-hydrogen) atoms. The SMILES string of the molecule is N#CC(NCCC1CCC(c2ccc(F)cc2)O1)c1cccnc1. The van der Waals surface area contributed by atoms with Crippen molar-refractivity contribution < 1.29 is 9.13 Å². The van der Waals surface area contributed by atoms with E-state index in [1.165, 1.54) is 12.1 Å². The van der Waals surface area contributed by atoms with E-state index in [-0.39, 0.29) is 24.1 Å². The number of hydrogen-bond acceptors (Lipinski definition) is 4. The fourth-order valence-electron chi connectivity index (χ4n) is 3.01. The lowest BCUT2D eigenvalue weighted by Gasteiger charge is -2.16. The number of rotatable bonds is 6. The molecule has 1 fully saturated rings. The molecule has 124 valence electrons. The summed E-state index contributed by atoms with van der Waals surface area (Å²) >= 11 is 0. The standard InChI is InChI=1S/C19H20FN3O/c20-16-5-3-14(4-6-16)19-8-7-17(24-19)9-11-23-18(12-21)15-2-1-10-22-13-15/h1-6,10,13,17-19,23H,7-9,11H2. The second kappa shape index (κ2) is 8.00. The predicted molar refractivity (Wildman–Crippen MR) is 88.5 cm³/mol. The minimum atomic E-state index is -0.354. The Morgan fingerprint density at radius 1 is 1.29 bits per heavy atom. The van der Waals surface area contributed by atoms with Crippen LogP contribution in [0.5, 0.6) is 0 Å². The summed E-state index contributed by atoms with van der Waals surface area (Å²) in [5.41, 5.74) is 1.90. The zero-order chi connectivity index (χ0) is 16.8. The maximum absolute atomic E-state index is 13.0. The average molecular weight is 325 g/mol. The van der Waals surface area contributed by atoms with E-state index < -0.39 is 0 Å². The highest BCUT2D eigenvalue weighted by Crippen LogP contribution is 2.33. The first-order valence-electron chi connectivity index (χ1n) is 8.20. The number of halogens is 1. The van der Waals surface area contributed by atoms with Gasteiger partial charge in [0.15, 0.2) is 0 Å². The Bertz CT molecular complexity index is 684. The van der Waals surface area contributed by atoms with E-state index in [0.29, 0.717) is 6.54 Å². The molecular formula is C19H20FN3O. The van der Waals surface area contributed by atoms with Crippen LogP contribution in [0.3, 0.4) is 0 Å². The Labute approximate surface area is 141 Å². The summed E-state index contributed by atoms with van der Waals surface area (Å²) in [6.07, 6.45) is 6.38. The lowest BCUT2D eigenvalue weighted by molar-refractivity contribution is 0.0400. The summed E-state index contributed by atoms with van der Waals surface area (Å²) in [5.74, 6) is -0.226. The molecule has 1 saturated heterocycles. The van der Waals surface area contributed by atoms with Gasteiger partial charge < -0.3 is 4.74 Å². The van der Waals surface area contributed by atoms with E-state index in [9.17, 15) is 9.65 Å². The van der Waals surface area contributed by atoms with Gasteiger partial charge in [-0.05, 0) is 49.6 Å². The van der Waals surface area contributed by atoms with Crippen molar-refractivity contribution in [2.45, 2.75) is 37.5 Å². The summed E-state index contributed by atoms with van der Waals surface area (Å²) in [7, 11) is 0. The van der Waals surface area contributed by atoms with Crippen molar-refractivity contribution >= 4 is 0 Å². The molecule has 0 amide bonds. The van der Waals surface area contributed by atoms with Gasteiger partial charge in [-0.3, -0.25) is 10.3 Å².